The topological polar surface area (TPSA) is 78.5 Å². The SMILES string of the molecule is O=C(OCc1cc(=O)n2cc(Cl)ccc2n1)c1nn(-c2ccc(F)cc2)c2c1CCCC2. The van der Waals surface area contributed by atoms with E-state index in [1.165, 1.54) is 28.8 Å². The van der Waals surface area contributed by atoms with E-state index in [9.17, 15) is 14.0 Å². The van der Waals surface area contributed by atoms with Crippen molar-refractivity contribution in [2.24, 2.45) is 0 Å². The second kappa shape index (κ2) is 8.20. The number of esters is 1. The molecule has 0 aliphatic heterocycles. The molecule has 7 nitrogen and oxygen atoms in total. The van der Waals surface area contributed by atoms with E-state index in [0.717, 1.165) is 36.9 Å². The number of fused-ring (bicyclic) bond motifs is 2. The molecule has 0 saturated heterocycles. The summed E-state index contributed by atoms with van der Waals surface area (Å²) in [7, 11) is 0. The van der Waals surface area contributed by atoms with Gasteiger partial charge in [0.1, 0.15) is 18.1 Å². The van der Waals surface area contributed by atoms with Crippen LogP contribution in [0.1, 0.15) is 40.3 Å². The average molecular weight is 453 g/mol. The highest BCUT2D eigenvalue weighted by Crippen LogP contribution is 2.27. The van der Waals surface area contributed by atoms with Crippen LogP contribution in [0, 0.1) is 5.82 Å². The van der Waals surface area contributed by atoms with Gasteiger partial charge in [-0.2, -0.15) is 5.10 Å². The third-order valence-electron chi connectivity index (χ3n) is 5.47. The Labute approximate surface area is 187 Å². The molecule has 9 heteroatoms. The number of benzene rings is 1. The molecule has 5 rings (SSSR count). The summed E-state index contributed by atoms with van der Waals surface area (Å²) in [5.41, 5.74) is 3.14. The Morgan fingerprint density at radius 3 is 2.72 bits per heavy atom. The molecule has 0 N–H and O–H groups in total. The molecule has 3 aromatic heterocycles. The molecule has 32 heavy (non-hydrogen) atoms. The van der Waals surface area contributed by atoms with Crippen molar-refractivity contribution in [3.8, 4) is 5.69 Å². The zero-order chi connectivity index (χ0) is 22.2. The van der Waals surface area contributed by atoms with Gasteiger partial charge in [0.15, 0.2) is 5.69 Å². The molecule has 0 radical (unpaired) electrons. The summed E-state index contributed by atoms with van der Waals surface area (Å²) in [5, 5.41) is 4.92. The van der Waals surface area contributed by atoms with E-state index in [1.54, 1.807) is 28.9 Å². The van der Waals surface area contributed by atoms with Gasteiger partial charge in [0.2, 0.25) is 0 Å². The minimum absolute atomic E-state index is 0.161. The molecule has 4 aromatic rings. The van der Waals surface area contributed by atoms with Gasteiger partial charge >= 0.3 is 5.97 Å². The predicted molar refractivity (Wildman–Crippen MR) is 116 cm³/mol. The number of aromatic nitrogens is 4. The first-order chi connectivity index (χ1) is 15.5. The second-order valence-corrected chi connectivity index (χ2v) is 8.04. The van der Waals surface area contributed by atoms with Gasteiger partial charge in [0.25, 0.3) is 5.56 Å². The van der Waals surface area contributed by atoms with Gasteiger partial charge in [0, 0.05) is 23.5 Å². The van der Waals surface area contributed by atoms with E-state index in [2.05, 4.69) is 10.1 Å². The van der Waals surface area contributed by atoms with Crippen molar-refractivity contribution in [1.82, 2.24) is 19.2 Å². The van der Waals surface area contributed by atoms with E-state index < -0.39 is 5.97 Å². The van der Waals surface area contributed by atoms with Gasteiger partial charge in [-0.15, -0.1) is 0 Å². The second-order valence-electron chi connectivity index (χ2n) is 7.61. The van der Waals surface area contributed by atoms with Crippen molar-refractivity contribution < 1.29 is 13.9 Å². The molecular formula is C23H18ClFN4O3. The lowest BCUT2D eigenvalue weighted by molar-refractivity contribution is 0.0459. The van der Waals surface area contributed by atoms with Crippen LogP contribution in [0.4, 0.5) is 4.39 Å². The van der Waals surface area contributed by atoms with E-state index in [-0.39, 0.29) is 23.7 Å². The third kappa shape index (κ3) is 3.78. The number of hydrogen-bond donors (Lipinski definition) is 0. The minimum atomic E-state index is -0.581. The Morgan fingerprint density at radius 2 is 1.91 bits per heavy atom. The van der Waals surface area contributed by atoms with Crippen molar-refractivity contribution in [3.05, 3.63) is 92.5 Å². The number of pyridine rings is 1. The van der Waals surface area contributed by atoms with Crippen LogP contribution < -0.4 is 5.56 Å². The Balaban J connectivity index is 1.42. The quantitative estimate of drug-likeness (QED) is 0.439. The molecule has 0 bridgehead atoms. The van der Waals surface area contributed by atoms with Crippen molar-refractivity contribution in [2.45, 2.75) is 32.3 Å². The van der Waals surface area contributed by atoms with Crippen LogP contribution in [-0.4, -0.2) is 25.1 Å². The van der Waals surface area contributed by atoms with Gasteiger partial charge in [-0.3, -0.25) is 9.20 Å². The number of carbonyl (C=O) groups excluding carboxylic acids is 1. The maximum absolute atomic E-state index is 13.3. The molecule has 0 unspecified atom stereocenters. The van der Waals surface area contributed by atoms with E-state index in [1.807, 2.05) is 0 Å². The molecule has 0 atom stereocenters. The molecule has 0 spiro atoms. The fraction of sp³-hybridized carbons (Fsp3) is 0.217. The van der Waals surface area contributed by atoms with Crippen molar-refractivity contribution in [3.63, 3.8) is 0 Å². The predicted octanol–water partition coefficient (Wildman–Crippen LogP) is 3.91. The van der Waals surface area contributed by atoms with Crippen molar-refractivity contribution in [1.29, 1.82) is 0 Å². The molecule has 162 valence electrons. The van der Waals surface area contributed by atoms with Gasteiger partial charge in [-0.05, 0) is 62.1 Å². The number of ether oxygens (including phenoxy) is 1. The number of rotatable bonds is 4. The first-order valence-corrected chi connectivity index (χ1v) is 10.6. The van der Waals surface area contributed by atoms with Gasteiger partial charge < -0.3 is 4.74 Å². The average Bonchev–Trinajstić information content (AvgIpc) is 3.18. The standard InChI is InChI=1S/C23H18ClFN4O3/c24-14-5-10-20-26-16(11-21(30)28(20)12-14)13-32-23(31)22-18-3-1-2-4-19(18)29(27-22)17-8-6-15(25)7-9-17/h5-12H,1-4,13H2. The number of carbonyl (C=O) groups is 1. The zero-order valence-corrected chi connectivity index (χ0v) is 17.7. The van der Waals surface area contributed by atoms with E-state index in [4.69, 9.17) is 16.3 Å². The number of hydrogen-bond acceptors (Lipinski definition) is 5. The summed E-state index contributed by atoms with van der Waals surface area (Å²) < 4.78 is 21.8. The molecule has 1 aliphatic rings. The molecular weight excluding hydrogens is 435 g/mol. The molecule has 0 amide bonds. The Morgan fingerprint density at radius 1 is 1.12 bits per heavy atom. The Bertz CT molecular complexity index is 1400. The van der Waals surface area contributed by atoms with E-state index >= 15 is 0 Å². The van der Waals surface area contributed by atoms with Crippen LogP contribution in [0.2, 0.25) is 5.02 Å². The third-order valence-corrected chi connectivity index (χ3v) is 5.70. The summed E-state index contributed by atoms with van der Waals surface area (Å²) in [6.07, 6.45) is 4.92. The molecule has 0 saturated carbocycles. The smallest absolute Gasteiger partial charge is 0.359 e. The fourth-order valence-corrected chi connectivity index (χ4v) is 4.13. The lowest BCUT2D eigenvalue weighted by atomic mass is 9.95. The summed E-state index contributed by atoms with van der Waals surface area (Å²) in [6, 6.07) is 10.5. The van der Waals surface area contributed by atoms with Crippen LogP contribution in [0.15, 0.2) is 53.5 Å². The first-order valence-electron chi connectivity index (χ1n) is 10.2. The van der Waals surface area contributed by atoms with Crippen molar-refractivity contribution >= 4 is 23.2 Å². The summed E-state index contributed by atoms with van der Waals surface area (Å²) in [5.74, 6) is -0.919. The molecule has 1 aromatic carbocycles. The zero-order valence-electron chi connectivity index (χ0n) is 16.9. The highest BCUT2D eigenvalue weighted by atomic mass is 35.5. The van der Waals surface area contributed by atoms with Gasteiger partial charge in [0.05, 0.1) is 16.4 Å². The molecule has 0 fully saturated rings. The van der Waals surface area contributed by atoms with Crippen LogP contribution in [0.5, 0.6) is 0 Å². The highest BCUT2D eigenvalue weighted by Gasteiger charge is 2.26. The molecule has 1 aliphatic carbocycles. The van der Waals surface area contributed by atoms with Crippen molar-refractivity contribution in [2.75, 3.05) is 0 Å². The fourth-order valence-electron chi connectivity index (χ4n) is 3.97. The van der Waals surface area contributed by atoms with E-state index in [0.29, 0.717) is 22.1 Å². The van der Waals surface area contributed by atoms with Crippen LogP contribution in [0.3, 0.4) is 0 Å². The van der Waals surface area contributed by atoms with Gasteiger partial charge in [-0.25, -0.2) is 18.9 Å². The Hall–Kier alpha value is -3.52. The lowest BCUT2D eigenvalue weighted by Crippen LogP contribution is -2.17. The number of halogens is 2. The lowest BCUT2D eigenvalue weighted by Gasteiger charge is -2.14. The minimum Gasteiger partial charge on any atom is -0.454 e. The summed E-state index contributed by atoms with van der Waals surface area (Å²) in [4.78, 5) is 29.6. The maximum Gasteiger partial charge on any atom is 0.359 e. The van der Waals surface area contributed by atoms with Gasteiger partial charge in [-0.1, -0.05) is 11.6 Å². The molecule has 3 heterocycles. The number of nitrogens with zero attached hydrogens (tertiary/aromatic N) is 4. The summed E-state index contributed by atoms with van der Waals surface area (Å²) >= 11 is 5.93. The maximum atomic E-state index is 13.3. The normalized spacial score (nSPS) is 13.2. The summed E-state index contributed by atoms with van der Waals surface area (Å²) in [6.45, 7) is -0.161. The van der Waals surface area contributed by atoms with Crippen LogP contribution >= 0.6 is 11.6 Å². The monoisotopic (exact) mass is 452 g/mol. The first kappa shape index (κ1) is 20.4. The highest BCUT2D eigenvalue weighted by molar-refractivity contribution is 6.30. The largest absolute Gasteiger partial charge is 0.454 e. The van der Waals surface area contributed by atoms with Crippen LogP contribution in [-0.2, 0) is 24.2 Å². The van der Waals surface area contributed by atoms with Crippen LogP contribution in [0.25, 0.3) is 11.3 Å². The Kier molecular flexibility index (Phi) is 5.22.